The molecule has 0 bridgehead atoms. The van der Waals surface area contributed by atoms with Gasteiger partial charge >= 0.3 is 0 Å². The Morgan fingerprint density at radius 3 is 1.85 bits per heavy atom. The number of unbranched alkanes of at least 4 members (excludes halogenated alkanes) is 6. The molecule has 0 saturated carbocycles. The van der Waals surface area contributed by atoms with Crippen LogP contribution in [0.25, 0.3) is 0 Å². The van der Waals surface area contributed by atoms with Crippen LogP contribution in [0, 0.1) is 0 Å². The van der Waals surface area contributed by atoms with Gasteiger partial charge in [-0.2, -0.15) is 0 Å². The lowest BCUT2D eigenvalue weighted by molar-refractivity contribution is -0.127. The number of hydrogen-bond donors (Lipinski definition) is 1. The molecule has 3 heteroatoms. The van der Waals surface area contributed by atoms with Crippen molar-refractivity contribution in [2.75, 3.05) is 19.6 Å². The maximum atomic E-state index is 12.3. The Morgan fingerprint density at radius 2 is 1.45 bits per heavy atom. The summed E-state index contributed by atoms with van der Waals surface area (Å²) in [7, 11) is 0. The Kier molecular flexibility index (Phi) is 12.6. The van der Waals surface area contributed by atoms with Gasteiger partial charge in [0.15, 0.2) is 0 Å². The summed E-state index contributed by atoms with van der Waals surface area (Å²) in [6.07, 6.45) is 10.2. The Balaban J connectivity index is 4.21. The van der Waals surface area contributed by atoms with Crippen molar-refractivity contribution in [2.45, 2.75) is 71.6 Å². The van der Waals surface area contributed by atoms with E-state index in [1.165, 1.54) is 38.5 Å². The lowest BCUT2D eigenvalue weighted by Crippen LogP contribution is -2.34. The van der Waals surface area contributed by atoms with Crippen molar-refractivity contribution in [1.82, 2.24) is 4.90 Å². The highest BCUT2D eigenvalue weighted by Crippen LogP contribution is 2.10. The fraction of sp³-hybridized carbons (Fsp3) is 0.824. The van der Waals surface area contributed by atoms with Crippen LogP contribution in [0.15, 0.2) is 12.2 Å². The van der Waals surface area contributed by atoms with Gasteiger partial charge in [0.2, 0.25) is 5.91 Å². The molecular weight excluding hydrogens is 248 g/mol. The first-order chi connectivity index (χ1) is 9.67. The molecule has 1 amide bonds. The SMILES string of the molecule is C=C(CCN)C(=O)N(CCCCCC)CCCCCC. The minimum absolute atomic E-state index is 0.114. The van der Waals surface area contributed by atoms with Gasteiger partial charge in [0.1, 0.15) is 0 Å². The van der Waals surface area contributed by atoms with E-state index in [1.54, 1.807) is 0 Å². The number of nitrogens with two attached hydrogens (primary N) is 1. The predicted molar refractivity (Wildman–Crippen MR) is 87.7 cm³/mol. The van der Waals surface area contributed by atoms with Crippen LogP contribution >= 0.6 is 0 Å². The normalized spacial score (nSPS) is 10.6. The number of carbonyl (C=O) groups is 1. The third-order valence-corrected chi connectivity index (χ3v) is 3.60. The molecule has 0 aromatic rings. The van der Waals surface area contributed by atoms with E-state index in [1.807, 2.05) is 4.90 Å². The second kappa shape index (κ2) is 13.2. The second-order valence-electron chi connectivity index (χ2n) is 5.56. The Labute approximate surface area is 125 Å². The van der Waals surface area contributed by atoms with Crippen LogP contribution in [0.1, 0.15) is 71.6 Å². The number of amides is 1. The highest BCUT2D eigenvalue weighted by Gasteiger charge is 2.15. The third-order valence-electron chi connectivity index (χ3n) is 3.60. The molecule has 0 unspecified atom stereocenters. The predicted octanol–water partition coefficient (Wildman–Crippen LogP) is 3.88. The first-order valence-electron chi connectivity index (χ1n) is 8.34. The van der Waals surface area contributed by atoms with Gasteiger partial charge in [0.05, 0.1) is 0 Å². The quantitative estimate of drug-likeness (QED) is 0.411. The summed E-state index contributed by atoms with van der Waals surface area (Å²) in [5.41, 5.74) is 6.18. The van der Waals surface area contributed by atoms with Gasteiger partial charge in [-0.25, -0.2) is 0 Å². The van der Waals surface area contributed by atoms with Crippen LogP contribution in [0.5, 0.6) is 0 Å². The molecule has 0 spiro atoms. The minimum Gasteiger partial charge on any atom is -0.339 e. The lowest BCUT2D eigenvalue weighted by atomic mass is 10.1. The second-order valence-corrected chi connectivity index (χ2v) is 5.56. The molecule has 2 N–H and O–H groups in total. The van der Waals surface area contributed by atoms with Gasteiger partial charge in [0, 0.05) is 18.7 Å². The molecule has 0 aliphatic rings. The highest BCUT2D eigenvalue weighted by molar-refractivity contribution is 5.92. The zero-order valence-electron chi connectivity index (χ0n) is 13.6. The molecule has 0 saturated heterocycles. The van der Waals surface area contributed by atoms with Crippen LogP contribution in [0.3, 0.4) is 0 Å². The zero-order chi connectivity index (χ0) is 15.2. The number of hydrogen-bond acceptors (Lipinski definition) is 2. The van der Waals surface area contributed by atoms with E-state index in [2.05, 4.69) is 20.4 Å². The fourth-order valence-corrected chi connectivity index (χ4v) is 2.28. The fourth-order valence-electron chi connectivity index (χ4n) is 2.28. The van der Waals surface area contributed by atoms with Crippen LogP contribution in [-0.4, -0.2) is 30.4 Å². The molecule has 118 valence electrons. The highest BCUT2D eigenvalue weighted by atomic mass is 16.2. The molecule has 0 aliphatic heterocycles. The van der Waals surface area contributed by atoms with Crippen LogP contribution in [-0.2, 0) is 4.79 Å². The average Bonchev–Trinajstić information content (AvgIpc) is 2.45. The van der Waals surface area contributed by atoms with Gasteiger partial charge < -0.3 is 10.6 Å². The molecule has 0 rings (SSSR count). The van der Waals surface area contributed by atoms with E-state index in [9.17, 15) is 4.79 Å². The smallest absolute Gasteiger partial charge is 0.249 e. The lowest BCUT2D eigenvalue weighted by Gasteiger charge is -2.23. The van der Waals surface area contributed by atoms with E-state index in [4.69, 9.17) is 5.73 Å². The molecular formula is C17H34N2O. The van der Waals surface area contributed by atoms with Crippen molar-refractivity contribution >= 4 is 5.91 Å². The van der Waals surface area contributed by atoms with E-state index in [0.29, 0.717) is 18.5 Å². The van der Waals surface area contributed by atoms with E-state index >= 15 is 0 Å². The Bertz CT molecular complexity index is 252. The van der Waals surface area contributed by atoms with Crippen LogP contribution in [0.4, 0.5) is 0 Å². The zero-order valence-corrected chi connectivity index (χ0v) is 13.6. The summed E-state index contributed by atoms with van der Waals surface area (Å²) < 4.78 is 0. The van der Waals surface area contributed by atoms with Crippen molar-refractivity contribution in [3.63, 3.8) is 0 Å². The summed E-state index contributed by atoms with van der Waals surface area (Å²) in [5.74, 6) is 0.114. The molecule has 0 fully saturated rings. The van der Waals surface area contributed by atoms with Gasteiger partial charge in [-0.15, -0.1) is 0 Å². The first-order valence-corrected chi connectivity index (χ1v) is 8.34. The van der Waals surface area contributed by atoms with Crippen molar-refractivity contribution in [3.8, 4) is 0 Å². The topological polar surface area (TPSA) is 46.3 Å². The average molecular weight is 282 g/mol. The number of nitrogens with zero attached hydrogens (tertiary/aromatic N) is 1. The molecule has 0 heterocycles. The number of carbonyl (C=O) groups excluding carboxylic acids is 1. The van der Waals surface area contributed by atoms with E-state index < -0.39 is 0 Å². The van der Waals surface area contributed by atoms with Gasteiger partial charge in [0.25, 0.3) is 0 Å². The van der Waals surface area contributed by atoms with Gasteiger partial charge in [-0.05, 0) is 25.8 Å². The summed E-state index contributed by atoms with van der Waals surface area (Å²) in [6.45, 7) is 10.5. The van der Waals surface area contributed by atoms with Crippen molar-refractivity contribution in [3.05, 3.63) is 12.2 Å². The van der Waals surface area contributed by atoms with Gasteiger partial charge in [-0.1, -0.05) is 59.0 Å². The monoisotopic (exact) mass is 282 g/mol. The van der Waals surface area contributed by atoms with E-state index in [-0.39, 0.29) is 5.91 Å². The summed E-state index contributed by atoms with van der Waals surface area (Å²) >= 11 is 0. The Hall–Kier alpha value is -0.830. The molecule has 20 heavy (non-hydrogen) atoms. The maximum Gasteiger partial charge on any atom is 0.249 e. The molecule has 0 atom stereocenters. The maximum absolute atomic E-state index is 12.3. The van der Waals surface area contributed by atoms with Crippen LogP contribution in [0.2, 0.25) is 0 Å². The molecule has 0 radical (unpaired) electrons. The number of rotatable bonds is 13. The molecule has 3 nitrogen and oxygen atoms in total. The van der Waals surface area contributed by atoms with E-state index in [0.717, 1.165) is 25.9 Å². The summed E-state index contributed by atoms with van der Waals surface area (Å²) in [5, 5.41) is 0. The van der Waals surface area contributed by atoms with Crippen molar-refractivity contribution in [2.24, 2.45) is 5.73 Å². The Morgan fingerprint density at radius 1 is 0.950 bits per heavy atom. The van der Waals surface area contributed by atoms with Crippen molar-refractivity contribution < 1.29 is 4.79 Å². The largest absolute Gasteiger partial charge is 0.339 e. The summed E-state index contributed by atoms with van der Waals surface area (Å²) in [6, 6.07) is 0. The summed E-state index contributed by atoms with van der Waals surface area (Å²) in [4.78, 5) is 14.3. The molecule has 0 aromatic heterocycles. The van der Waals surface area contributed by atoms with Crippen LogP contribution < -0.4 is 5.73 Å². The standard InChI is InChI=1S/C17H34N2O/c1-4-6-8-10-14-19(15-11-9-7-5-2)17(20)16(3)12-13-18/h3-15,18H2,1-2H3. The van der Waals surface area contributed by atoms with Crippen molar-refractivity contribution in [1.29, 1.82) is 0 Å². The minimum atomic E-state index is 0.114. The first kappa shape index (κ1) is 19.2. The third kappa shape index (κ3) is 9.13. The molecule has 0 aliphatic carbocycles. The molecule has 0 aromatic carbocycles. The van der Waals surface area contributed by atoms with Gasteiger partial charge in [-0.3, -0.25) is 4.79 Å².